The average molecular weight is 838 g/mol. The van der Waals surface area contributed by atoms with Gasteiger partial charge in [-0.2, -0.15) is 18.2 Å². The van der Waals surface area contributed by atoms with Crippen molar-refractivity contribution in [2.45, 2.75) is 30.4 Å². The molecule has 2 aliphatic heterocycles. The van der Waals surface area contributed by atoms with E-state index in [0.29, 0.717) is 27.9 Å². The molecule has 1 aromatic heterocycles. The molecule has 4 N–H and O–H groups in total. The highest BCUT2D eigenvalue weighted by atomic mass is 35.5. The number of anilines is 2. The van der Waals surface area contributed by atoms with Crippen molar-refractivity contribution in [1.29, 1.82) is 0 Å². The van der Waals surface area contributed by atoms with E-state index in [1.165, 1.54) is 43.5 Å². The third kappa shape index (κ3) is 5.75. The first-order valence-electron chi connectivity index (χ1n) is 17.6. The maximum absolute atomic E-state index is 15.3. The number of imide groups is 2. The normalized spacial score (nSPS) is 25.3. The minimum Gasteiger partial charge on any atom is -0.508 e. The van der Waals surface area contributed by atoms with Crippen LogP contribution in [0.3, 0.4) is 0 Å². The summed E-state index contributed by atoms with van der Waals surface area (Å²) in [6, 6.07) is 14.4. The van der Waals surface area contributed by atoms with Crippen LogP contribution in [0.2, 0.25) is 10.0 Å². The highest BCUT2D eigenvalue weighted by Crippen LogP contribution is 2.65. The second kappa shape index (κ2) is 13.8. The van der Waals surface area contributed by atoms with Crippen molar-refractivity contribution in [2.75, 3.05) is 17.4 Å². The molecule has 0 spiro atoms. The predicted molar refractivity (Wildman–Crippen MR) is 199 cm³/mol. The molecule has 0 bridgehead atoms. The maximum atomic E-state index is 15.3. The molecule has 3 fully saturated rings. The van der Waals surface area contributed by atoms with Gasteiger partial charge in [-0.3, -0.25) is 24.6 Å². The van der Waals surface area contributed by atoms with Gasteiger partial charge in [-0.25, -0.2) is 14.7 Å². The zero-order chi connectivity index (χ0) is 41.6. The van der Waals surface area contributed by atoms with E-state index in [9.17, 15) is 47.7 Å². The molecule has 8 rings (SSSR count). The zero-order valence-corrected chi connectivity index (χ0v) is 31.3. The number of hydrogen-bond acceptors (Lipinski definition) is 10. The molecular weight excluding hydrogens is 808 g/mol. The number of pyridine rings is 1. The van der Waals surface area contributed by atoms with E-state index in [1.807, 2.05) is 0 Å². The molecule has 18 heteroatoms. The van der Waals surface area contributed by atoms with Gasteiger partial charge in [-0.15, -0.1) is 0 Å². The Morgan fingerprint density at radius 2 is 1.66 bits per heavy atom. The molecule has 0 radical (unpaired) electrons. The van der Waals surface area contributed by atoms with E-state index < -0.39 is 98.5 Å². The number of fused-ring (bicyclic) bond motifs is 4. The lowest BCUT2D eigenvalue weighted by molar-refractivity contribution is -0.139. The fourth-order valence-electron chi connectivity index (χ4n) is 9.12. The van der Waals surface area contributed by atoms with Gasteiger partial charge in [0.05, 0.1) is 46.6 Å². The lowest BCUT2D eigenvalue weighted by atomic mass is 9.49. The Labute approximate surface area is 336 Å². The van der Waals surface area contributed by atoms with Gasteiger partial charge in [0.15, 0.2) is 5.82 Å². The predicted octanol–water partition coefficient (Wildman–Crippen LogP) is 6.71. The van der Waals surface area contributed by atoms with Crippen LogP contribution in [0.4, 0.5) is 24.7 Å². The van der Waals surface area contributed by atoms with E-state index in [2.05, 4.69) is 10.4 Å². The first-order chi connectivity index (χ1) is 27.5. The van der Waals surface area contributed by atoms with Gasteiger partial charge < -0.3 is 20.1 Å². The Morgan fingerprint density at radius 3 is 2.28 bits per heavy atom. The summed E-state index contributed by atoms with van der Waals surface area (Å²) in [6.45, 7) is 0. The second-order valence-electron chi connectivity index (χ2n) is 14.4. The summed E-state index contributed by atoms with van der Waals surface area (Å²) in [5, 5.41) is 31.9. The van der Waals surface area contributed by atoms with Gasteiger partial charge in [-0.1, -0.05) is 53.1 Å². The molecular formula is C40H29Cl2F3N4O9. The molecule has 6 atom stereocenters. The van der Waals surface area contributed by atoms with Crippen LogP contribution in [0.25, 0.3) is 0 Å². The average Bonchev–Trinajstić information content (AvgIpc) is 3.56. The van der Waals surface area contributed by atoms with Crippen molar-refractivity contribution in [1.82, 2.24) is 9.99 Å². The van der Waals surface area contributed by atoms with Crippen LogP contribution in [0.15, 0.2) is 84.6 Å². The largest absolute Gasteiger partial charge is 0.508 e. The second-order valence-corrected chi connectivity index (χ2v) is 15.2. The molecule has 3 aromatic carbocycles. The summed E-state index contributed by atoms with van der Waals surface area (Å²) in [4.78, 5) is 74.9. The number of benzene rings is 3. The molecule has 298 valence electrons. The third-order valence-corrected chi connectivity index (χ3v) is 12.1. The molecule has 4 aliphatic rings. The number of aromatic carboxylic acids is 1. The first kappa shape index (κ1) is 38.7. The van der Waals surface area contributed by atoms with Crippen LogP contribution in [0.5, 0.6) is 17.2 Å². The van der Waals surface area contributed by atoms with Crippen LogP contribution in [-0.2, 0) is 30.8 Å². The lowest BCUT2D eigenvalue weighted by Gasteiger charge is -2.50. The van der Waals surface area contributed by atoms with Crippen LogP contribution in [0.1, 0.15) is 45.8 Å². The van der Waals surface area contributed by atoms with Crippen LogP contribution >= 0.6 is 23.2 Å². The fourth-order valence-corrected chi connectivity index (χ4v) is 9.45. The quantitative estimate of drug-likeness (QED) is 0.114. The molecule has 4 aromatic rings. The molecule has 4 amide bonds. The third-order valence-electron chi connectivity index (χ3n) is 11.6. The van der Waals surface area contributed by atoms with Gasteiger partial charge >= 0.3 is 12.1 Å². The fraction of sp³-hybridized carbons (Fsp3) is 0.250. The smallest absolute Gasteiger partial charge is 0.417 e. The van der Waals surface area contributed by atoms with Crippen molar-refractivity contribution in [3.63, 3.8) is 0 Å². The number of hydrazine groups is 1. The number of nitrogens with zero attached hydrogens (tertiary/aromatic N) is 3. The van der Waals surface area contributed by atoms with Crippen molar-refractivity contribution in [3.05, 3.63) is 117 Å². The number of phenolic OH excluding ortho intramolecular Hbond substituents is 1. The number of carboxylic acids is 1. The maximum Gasteiger partial charge on any atom is 0.417 e. The first-order valence-corrected chi connectivity index (χ1v) is 18.4. The number of halogens is 5. The Morgan fingerprint density at radius 1 is 0.931 bits per heavy atom. The highest BCUT2D eigenvalue weighted by Gasteiger charge is 2.70. The number of allylic oxidation sites excluding steroid dienone is 2. The van der Waals surface area contributed by atoms with Crippen molar-refractivity contribution >= 4 is 64.3 Å². The molecule has 3 heterocycles. The molecule has 13 nitrogen and oxygen atoms in total. The molecule has 0 unspecified atom stereocenters. The van der Waals surface area contributed by atoms with Crippen molar-refractivity contribution in [3.8, 4) is 17.2 Å². The van der Waals surface area contributed by atoms with Gasteiger partial charge in [-0.05, 0) is 60.7 Å². The lowest BCUT2D eigenvalue weighted by Crippen LogP contribution is -2.53. The molecule has 1 saturated carbocycles. The van der Waals surface area contributed by atoms with Crippen LogP contribution in [-0.4, -0.2) is 62.0 Å². The van der Waals surface area contributed by atoms with E-state index in [0.717, 1.165) is 17.0 Å². The minimum atomic E-state index is -4.80. The number of carboxylic acid groups (broad SMARTS) is 1. The number of hydrogen-bond donors (Lipinski definition) is 4. The summed E-state index contributed by atoms with van der Waals surface area (Å²) in [5.74, 6) is -11.2. The summed E-state index contributed by atoms with van der Waals surface area (Å²) < 4.78 is 45.8. The van der Waals surface area contributed by atoms with E-state index in [1.54, 1.807) is 18.2 Å². The number of aromatic hydroxyl groups is 2. The van der Waals surface area contributed by atoms with Gasteiger partial charge in [0.1, 0.15) is 22.8 Å². The number of methoxy groups -OCH3 is 1. The number of alkyl halides is 3. The molecule has 2 saturated heterocycles. The van der Waals surface area contributed by atoms with E-state index >= 15 is 4.79 Å². The Bertz CT molecular complexity index is 2500. The van der Waals surface area contributed by atoms with Crippen molar-refractivity contribution < 1.29 is 57.2 Å². The Balaban J connectivity index is 1.30. The van der Waals surface area contributed by atoms with Crippen LogP contribution in [0, 0.1) is 23.7 Å². The van der Waals surface area contributed by atoms with E-state index in [-0.39, 0.29) is 41.2 Å². The van der Waals surface area contributed by atoms with E-state index in [4.69, 9.17) is 27.9 Å². The van der Waals surface area contributed by atoms with Crippen LogP contribution < -0.4 is 15.1 Å². The number of aromatic nitrogens is 1. The molecule has 2 aliphatic carbocycles. The van der Waals surface area contributed by atoms with Gasteiger partial charge in [0.2, 0.25) is 11.8 Å². The number of rotatable bonds is 7. The number of amides is 4. The number of ether oxygens (including phenoxy) is 1. The number of carbonyl (C=O) groups excluding carboxylic acids is 4. The monoisotopic (exact) mass is 836 g/mol. The number of nitrogens with one attached hydrogen (secondary N) is 1. The standard InChI is InChI=1S/C40H29Cl2F3N4O9/c1-58-21-7-9-23(30(51)14-21)32-22-10-11-25-31(36(54)48(34(25)52)20-6-8-24(37(55)56)29(50)13-20)26(22)15-27-35(53)49(38(57)39(27,32)17-2-4-19(41)5-3-17)47-33-28(42)12-18(16-46-33)40(43,44)45/h2-10,12-14,16,25-27,31-32,50-51H,11,15H2,1H3,(H,46,47)(H,55,56)/t25-,26+,27-,31-,32+,39+/m0/s1. The van der Waals surface area contributed by atoms with Crippen molar-refractivity contribution in [2.24, 2.45) is 23.7 Å². The summed E-state index contributed by atoms with van der Waals surface area (Å²) >= 11 is 12.5. The number of carbonyl (C=O) groups is 5. The van der Waals surface area contributed by atoms with Gasteiger partial charge in [0.25, 0.3) is 11.8 Å². The highest BCUT2D eigenvalue weighted by molar-refractivity contribution is 6.33. The number of phenols is 2. The summed E-state index contributed by atoms with van der Waals surface area (Å²) in [6.07, 6.45) is -2.80. The SMILES string of the molecule is COc1ccc([C@H]2C3=CC[C@@H]4C(=O)N(c5ccc(C(=O)O)c(O)c5)C(=O)[C@@H]4[C@@H]3C[C@H]3C(=O)N(Nc4ncc(C(F)(F)F)cc4Cl)C(=O)[C@@]23c2ccc(Cl)cc2)c(O)c1. The zero-order valence-electron chi connectivity index (χ0n) is 29.8. The van der Waals surface area contributed by atoms with Gasteiger partial charge in [0, 0.05) is 34.8 Å². The molecule has 58 heavy (non-hydrogen) atoms. The Hall–Kier alpha value is -6.13. The summed E-state index contributed by atoms with van der Waals surface area (Å²) in [5.41, 5.74) is -0.170. The Kier molecular flexibility index (Phi) is 9.19. The minimum absolute atomic E-state index is 0.0132. The topological polar surface area (TPSA) is 187 Å². The summed E-state index contributed by atoms with van der Waals surface area (Å²) in [7, 11) is 1.38.